The summed E-state index contributed by atoms with van der Waals surface area (Å²) in [6.45, 7) is 12.5. The molecule has 100 heavy (non-hydrogen) atoms. The average Bonchev–Trinajstić information content (AvgIpc) is 0.772. The summed E-state index contributed by atoms with van der Waals surface area (Å²) in [4.78, 5) is 190. The molecule has 0 aromatic heterocycles. The fourth-order valence-electron chi connectivity index (χ4n) is 13.9. The van der Waals surface area contributed by atoms with E-state index in [0.29, 0.717) is 75.8 Å². The minimum Gasteiger partial charge on any atom is -0.497 e. The van der Waals surface area contributed by atoms with Gasteiger partial charge in [0, 0.05) is 74.3 Å². The van der Waals surface area contributed by atoms with Crippen molar-refractivity contribution in [3.05, 3.63) is 65.2 Å². The molecule has 27 heteroatoms. The van der Waals surface area contributed by atoms with Crippen molar-refractivity contribution in [2.24, 2.45) is 17.8 Å². The van der Waals surface area contributed by atoms with Crippen LogP contribution in [-0.4, -0.2) is 245 Å². The number of likely N-dealkylation sites (tertiary alicyclic amines) is 1. The molecule has 7 rings (SSSR count). The Balaban J connectivity index is 1.30. The summed E-state index contributed by atoms with van der Waals surface area (Å²) in [5.41, 5.74) is -1.50. The number of carbonyl (C=O) groups excluding carboxylic acids is 12. The maximum absolute atomic E-state index is 15.6. The topological polar surface area (TPSA) is 288 Å². The van der Waals surface area contributed by atoms with Crippen LogP contribution < -0.4 is 26.0 Å². The highest BCUT2D eigenvalue weighted by atomic mass is 19.2. The van der Waals surface area contributed by atoms with E-state index in [9.17, 15) is 28.4 Å². The molecule has 4 N–H and O–H groups in total. The molecule has 4 heterocycles. The van der Waals surface area contributed by atoms with Gasteiger partial charge in [-0.1, -0.05) is 78.1 Å². The molecule has 1 saturated carbocycles. The minimum atomic E-state index is -1.78. The zero-order valence-electron chi connectivity index (χ0n) is 60.9. The molecule has 5 fully saturated rings. The molecular weight excluding hydrogens is 1290 g/mol. The van der Waals surface area contributed by atoms with Crippen molar-refractivity contribution in [2.75, 3.05) is 75.1 Å². The van der Waals surface area contributed by atoms with Crippen LogP contribution in [0.4, 0.5) is 8.78 Å². The van der Waals surface area contributed by atoms with Crippen LogP contribution in [0, 0.1) is 29.4 Å². The van der Waals surface area contributed by atoms with E-state index in [1.807, 2.05) is 34.6 Å². The number of benzene rings is 2. The predicted molar refractivity (Wildman–Crippen MR) is 369 cm³/mol. The van der Waals surface area contributed by atoms with Gasteiger partial charge in [0.15, 0.2) is 11.6 Å². The fraction of sp³-hybridized carbons (Fsp3) is 0.671. The Hall–Kier alpha value is -8.26. The Labute approximate surface area is 587 Å². The third-order valence-corrected chi connectivity index (χ3v) is 20.9. The number of ether oxygens (including phenoxy) is 1. The number of likely N-dealkylation sites (N-methyl/N-ethyl adjacent to an activating group) is 5. The Kier molecular flexibility index (Phi) is 28.0. The van der Waals surface area contributed by atoms with Gasteiger partial charge in [-0.25, -0.2) is 8.78 Å². The summed E-state index contributed by atoms with van der Waals surface area (Å²) in [6.07, 6.45) is 5.59. The number of nitrogens with zero attached hydrogens (tertiary/aromatic N) is 8. The normalized spacial score (nSPS) is 26.3. The summed E-state index contributed by atoms with van der Waals surface area (Å²) in [5, 5.41) is 11.2. The number of hydrogen-bond donors (Lipinski definition) is 4. The molecule has 1 aliphatic carbocycles. The summed E-state index contributed by atoms with van der Waals surface area (Å²) < 4.78 is 35.9. The van der Waals surface area contributed by atoms with E-state index in [1.165, 1.54) is 87.9 Å². The highest BCUT2D eigenvalue weighted by Gasteiger charge is 2.49. The second-order valence-corrected chi connectivity index (χ2v) is 29.3. The summed E-state index contributed by atoms with van der Waals surface area (Å²) in [5.74, 6) is -11.1. The third-order valence-electron chi connectivity index (χ3n) is 20.9. The lowest BCUT2D eigenvalue weighted by Crippen LogP contribution is -2.66. The van der Waals surface area contributed by atoms with Gasteiger partial charge in [0.2, 0.25) is 70.9 Å². The highest BCUT2D eigenvalue weighted by Crippen LogP contribution is 2.34. The van der Waals surface area contributed by atoms with Crippen molar-refractivity contribution < 1.29 is 71.1 Å². The van der Waals surface area contributed by atoms with E-state index >= 15 is 38.0 Å². The summed E-state index contributed by atoms with van der Waals surface area (Å²) >= 11 is 0. The molecule has 5 aliphatic rings. The SMILES string of the molecule is CCCC[C@@H]1NC(=O)[C@H](Cc2cccc(F)c2F)NC(=O)CN(C)C(=O)[C@H](Cc2ccc(OC)cc2)N(C)C(=O)[C@@H]2CCN2C(=O)[C@@H]2CCCCN2C(=O)[C@H](C2CCC2)NC(=O)[C@H](CC(C)C)N(C)C(=O)C[C@@H](C(=O)N2CCCCC2)N(C)C(=O)[C@H](CC(C)C)NC(=O)C(C)(C)N(C)C1=O. The van der Waals surface area contributed by atoms with Gasteiger partial charge in [0.05, 0.1) is 20.1 Å². The van der Waals surface area contributed by atoms with Crippen LogP contribution in [0.15, 0.2) is 42.5 Å². The van der Waals surface area contributed by atoms with Crippen LogP contribution in [-0.2, 0) is 70.4 Å². The second-order valence-electron chi connectivity index (χ2n) is 29.3. The zero-order valence-corrected chi connectivity index (χ0v) is 60.9. The van der Waals surface area contributed by atoms with E-state index < -0.39 is 162 Å². The number of halogens is 2. The summed E-state index contributed by atoms with van der Waals surface area (Å²) in [6, 6.07) is -1.44. The second kappa shape index (κ2) is 35.4. The van der Waals surface area contributed by atoms with Crippen LogP contribution in [0.25, 0.3) is 0 Å². The lowest BCUT2D eigenvalue weighted by Gasteiger charge is -2.47. The van der Waals surface area contributed by atoms with Gasteiger partial charge in [-0.05, 0) is 138 Å². The molecule has 4 saturated heterocycles. The molecular formula is C73H108F2N12O13. The Morgan fingerprint density at radius 3 is 1.84 bits per heavy atom. The van der Waals surface area contributed by atoms with Crippen molar-refractivity contribution in [2.45, 2.75) is 224 Å². The Morgan fingerprint density at radius 1 is 0.600 bits per heavy atom. The Morgan fingerprint density at radius 2 is 1.24 bits per heavy atom. The maximum Gasteiger partial charge on any atom is 0.246 e. The fourth-order valence-corrected chi connectivity index (χ4v) is 13.9. The number of fused-ring (bicyclic) bond motifs is 2. The molecule has 0 unspecified atom stereocenters. The van der Waals surface area contributed by atoms with E-state index in [-0.39, 0.29) is 74.9 Å². The number of hydrogen-bond acceptors (Lipinski definition) is 13. The van der Waals surface area contributed by atoms with Gasteiger partial charge in [-0.15, -0.1) is 0 Å². The standard InChI is InChI=1S/C73H108F2N12O13/c1-14-15-27-51-66(93)84(12)73(6,7)72(99)78-53(38-44(2)3)65(92)82(10)58(69(96)85-34-18-16-19-35-85)42-60(89)81(9)56(39-45(4)5)64(91)79-62(47-23-21-24-47)71(98)86-36-20-17-28-54(86)70(97)87-37-33-55(87)68(95)83(11)57(40-46-29-31-49(100-13)32-30-46)67(94)80(8)43-59(88)76-52(63(90)77-51)41-48-25-22-26-50(74)61(48)75/h22,25-26,29-32,44-45,47,51-58,62H,14-21,23-24,27-28,33-43H2,1-13H3,(H,76,88)(H,77,90)(H,78,99)(H,79,91)/t51-,52-,53-,54-,55-,56-,57-,58-,62-/m0/s1. The molecule has 2 aromatic carbocycles. The number of carbonyl (C=O) groups is 12. The molecule has 2 aromatic rings. The lowest BCUT2D eigenvalue weighted by molar-refractivity contribution is -0.162. The van der Waals surface area contributed by atoms with Gasteiger partial charge in [0.25, 0.3) is 0 Å². The molecule has 0 bridgehead atoms. The van der Waals surface area contributed by atoms with Gasteiger partial charge >= 0.3 is 0 Å². The van der Waals surface area contributed by atoms with E-state index in [1.54, 1.807) is 29.2 Å². The number of unbranched alkanes of at least 4 members (excludes halogenated alkanes) is 1. The van der Waals surface area contributed by atoms with E-state index in [2.05, 4.69) is 21.3 Å². The van der Waals surface area contributed by atoms with E-state index in [0.717, 1.165) is 33.6 Å². The van der Waals surface area contributed by atoms with Gasteiger partial charge in [-0.2, -0.15) is 0 Å². The number of nitrogens with one attached hydrogen (secondary N) is 4. The van der Waals surface area contributed by atoms with Crippen LogP contribution in [0.3, 0.4) is 0 Å². The number of amides is 12. The summed E-state index contributed by atoms with van der Waals surface area (Å²) in [7, 11) is 8.41. The quantitative estimate of drug-likeness (QED) is 0.205. The van der Waals surface area contributed by atoms with Crippen molar-refractivity contribution in [3.63, 3.8) is 0 Å². The minimum absolute atomic E-state index is 0.00607. The van der Waals surface area contributed by atoms with Gasteiger partial charge < -0.3 is 65.2 Å². The Bertz CT molecular complexity index is 3290. The first-order valence-corrected chi connectivity index (χ1v) is 35.8. The van der Waals surface area contributed by atoms with Crippen molar-refractivity contribution in [1.82, 2.24) is 60.5 Å². The van der Waals surface area contributed by atoms with Crippen LogP contribution in [0.1, 0.15) is 162 Å². The van der Waals surface area contributed by atoms with Crippen molar-refractivity contribution in [1.29, 1.82) is 0 Å². The molecule has 25 nitrogen and oxygen atoms in total. The van der Waals surface area contributed by atoms with Gasteiger partial charge in [-0.3, -0.25) is 57.5 Å². The first kappa shape index (κ1) is 79.1. The molecule has 12 amide bonds. The molecule has 0 spiro atoms. The first-order valence-electron chi connectivity index (χ1n) is 35.8. The van der Waals surface area contributed by atoms with Crippen LogP contribution in [0.5, 0.6) is 5.75 Å². The first-order chi connectivity index (χ1) is 47.3. The van der Waals surface area contributed by atoms with Crippen molar-refractivity contribution >= 4 is 70.9 Å². The maximum atomic E-state index is 15.6. The monoisotopic (exact) mass is 1400 g/mol. The number of rotatable bonds is 14. The largest absolute Gasteiger partial charge is 0.497 e. The number of methoxy groups -OCH3 is 1. The van der Waals surface area contributed by atoms with Crippen LogP contribution in [0.2, 0.25) is 0 Å². The molecule has 9 atom stereocenters. The van der Waals surface area contributed by atoms with Crippen molar-refractivity contribution in [3.8, 4) is 5.75 Å². The predicted octanol–water partition coefficient (Wildman–Crippen LogP) is 4.35. The zero-order chi connectivity index (χ0) is 73.6. The highest BCUT2D eigenvalue weighted by molar-refractivity contribution is 6.01. The van der Waals surface area contributed by atoms with E-state index in [4.69, 9.17) is 4.74 Å². The smallest absolute Gasteiger partial charge is 0.246 e. The molecule has 552 valence electrons. The third kappa shape index (κ3) is 19.2. The number of piperidine rings is 2. The van der Waals surface area contributed by atoms with Crippen LogP contribution >= 0.6 is 0 Å². The molecule has 4 aliphatic heterocycles. The lowest BCUT2D eigenvalue weighted by atomic mass is 9.78. The molecule has 0 radical (unpaired) electrons. The van der Waals surface area contributed by atoms with Gasteiger partial charge in [0.1, 0.15) is 65.7 Å². The average molecular weight is 1400 g/mol.